The Morgan fingerprint density at radius 2 is 1.91 bits per heavy atom. The molecule has 4 rings (SSSR count). The number of amides is 4. The van der Waals surface area contributed by atoms with Crippen molar-refractivity contribution in [3.63, 3.8) is 0 Å². The zero-order chi connectivity index (χ0) is 23.0. The summed E-state index contributed by atoms with van der Waals surface area (Å²) in [4.78, 5) is 62.9. The summed E-state index contributed by atoms with van der Waals surface area (Å²) in [5.41, 5.74) is 8.14. The van der Waals surface area contributed by atoms with Crippen molar-refractivity contribution in [2.75, 3.05) is 18.5 Å². The Bertz CT molecular complexity index is 1170. The number of aryl methyl sites for hydroxylation is 2. The van der Waals surface area contributed by atoms with Gasteiger partial charge in [0.1, 0.15) is 5.00 Å². The molecule has 9 nitrogen and oxygen atoms in total. The third-order valence-corrected chi connectivity index (χ3v) is 6.66. The van der Waals surface area contributed by atoms with Crippen LogP contribution in [-0.4, -0.2) is 47.6 Å². The van der Waals surface area contributed by atoms with Crippen LogP contribution < -0.4 is 11.1 Å². The highest BCUT2D eigenvalue weighted by atomic mass is 32.1. The van der Waals surface area contributed by atoms with Gasteiger partial charge in [-0.05, 0) is 43.9 Å². The van der Waals surface area contributed by atoms with Crippen LogP contribution >= 0.6 is 11.3 Å². The van der Waals surface area contributed by atoms with Gasteiger partial charge in [0.15, 0.2) is 6.61 Å². The summed E-state index contributed by atoms with van der Waals surface area (Å²) in [6.07, 6.45) is 2.28. The number of nitrogens with one attached hydrogen (secondary N) is 1. The molecule has 166 valence electrons. The molecule has 0 saturated carbocycles. The van der Waals surface area contributed by atoms with E-state index < -0.39 is 36.2 Å². The van der Waals surface area contributed by atoms with Crippen molar-refractivity contribution in [2.24, 2.45) is 5.73 Å². The van der Waals surface area contributed by atoms with E-state index in [9.17, 15) is 24.0 Å². The molecule has 0 bridgehead atoms. The van der Waals surface area contributed by atoms with Gasteiger partial charge >= 0.3 is 5.97 Å². The molecule has 2 aromatic rings. The van der Waals surface area contributed by atoms with Crippen LogP contribution in [0.2, 0.25) is 0 Å². The first-order valence-corrected chi connectivity index (χ1v) is 10.9. The molecule has 32 heavy (non-hydrogen) atoms. The van der Waals surface area contributed by atoms with E-state index in [1.54, 1.807) is 18.2 Å². The Hall–Kier alpha value is -3.53. The number of nitrogens with two attached hydrogens (primary N) is 1. The van der Waals surface area contributed by atoms with Crippen LogP contribution in [0.5, 0.6) is 0 Å². The van der Waals surface area contributed by atoms with E-state index in [0.29, 0.717) is 21.7 Å². The number of carbonyl (C=O) groups excluding carboxylic acids is 5. The monoisotopic (exact) mass is 455 g/mol. The molecule has 0 spiro atoms. The van der Waals surface area contributed by atoms with Crippen molar-refractivity contribution in [1.82, 2.24) is 4.90 Å². The molecule has 10 heteroatoms. The lowest BCUT2D eigenvalue weighted by Gasteiger charge is -2.13. The lowest BCUT2D eigenvalue weighted by atomic mass is 10.1. The van der Waals surface area contributed by atoms with Crippen molar-refractivity contribution < 1.29 is 28.7 Å². The zero-order valence-corrected chi connectivity index (χ0v) is 18.2. The maximum atomic E-state index is 12.4. The Balaban J connectivity index is 1.29. The average molecular weight is 455 g/mol. The second-order valence-electron chi connectivity index (χ2n) is 7.70. The SMILES string of the molecule is Cc1ccc2c(c1)C(=O)N(CCC(=O)OCC(=O)Nc1sc3c(c1C(N)=O)CCC3)C2=O. The number of hydrogen-bond acceptors (Lipinski definition) is 7. The number of imide groups is 1. The highest BCUT2D eigenvalue weighted by molar-refractivity contribution is 7.17. The summed E-state index contributed by atoms with van der Waals surface area (Å²) in [7, 11) is 0. The van der Waals surface area contributed by atoms with Gasteiger partial charge in [0, 0.05) is 11.4 Å². The number of hydrogen-bond donors (Lipinski definition) is 2. The Morgan fingerprint density at radius 1 is 1.16 bits per heavy atom. The predicted molar refractivity (Wildman–Crippen MR) is 116 cm³/mol. The molecule has 0 radical (unpaired) electrons. The summed E-state index contributed by atoms with van der Waals surface area (Å²) in [6, 6.07) is 4.97. The van der Waals surface area contributed by atoms with E-state index in [-0.39, 0.29) is 13.0 Å². The summed E-state index contributed by atoms with van der Waals surface area (Å²) in [5, 5.41) is 2.95. The van der Waals surface area contributed by atoms with Gasteiger partial charge in [-0.1, -0.05) is 11.6 Å². The maximum Gasteiger partial charge on any atom is 0.308 e. The second kappa shape index (κ2) is 8.54. The van der Waals surface area contributed by atoms with Gasteiger partial charge in [-0.15, -0.1) is 11.3 Å². The van der Waals surface area contributed by atoms with Crippen molar-refractivity contribution in [3.8, 4) is 0 Å². The predicted octanol–water partition coefficient (Wildman–Crippen LogP) is 1.81. The molecule has 2 aliphatic rings. The fourth-order valence-electron chi connectivity index (χ4n) is 3.94. The number of anilines is 1. The number of rotatable bonds is 7. The number of ether oxygens (including phenoxy) is 1. The van der Waals surface area contributed by atoms with E-state index in [1.807, 2.05) is 6.92 Å². The van der Waals surface area contributed by atoms with E-state index in [1.165, 1.54) is 11.3 Å². The number of carbonyl (C=O) groups is 5. The molecular formula is C22H21N3O6S. The molecule has 0 atom stereocenters. The minimum absolute atomic E-state index is 0.144. The van der Waals surface area contributed by atoms with E-state index in [4.69, 9.17) is 10.5 Å². The summed E-state index contributed by atoms with van der Waals surface area (Å²) in [6.45, 7) is 1.12. The fourth-order valence-corrected chi connectivity index (χ4v) is 5.26. The fraction of sp³-hybridized carbons (Fsp3) is 0.318. The first-order chi connectivity index (χ1) is 15.3. The molecule has 0 fully saturated rings. The van der Waals surface area contributed by atoms with Crippen molar-refractivity contribution in [1.29, 1.82) is 0 Å². The van der Waals surface area contributed by atoms with Crippen LogP contribution in [0.25, 0.3) is 0 Å². The van der Waals surface area contributed by atoms with Crippen LogP contribution in [0.1, 0.15) is 59.9 Å². The smallest absolute Gasteiger partial charge is 0.308 e. The normalized spacial score (nSPS) is 14.3. The molecule has 0 saturated heterocycles. The molecule has 2 heterocycles. The first kappa shape index (κ1) is 21.7. The summed E-state index contributed by atoms with van der Waals surface area (Å²) < 4.78 is 4.97. The Morgan fingerprint density at radius 3 is 2.66 bits per heavy atom. The van der Waals surface area contributed by atoms with Crippen molar-refractivity contribution in [2.45, 2.75) is 32.6 Å². The summed E-state index contributed by atoms with van der Waals surface area (Å²) >= 11 is 1.31. The van der Waals surface area contributed by atoms with Crippen LogP contribution in [0.4, 0.5) is 5.00 Å². The topological polar surface area (TPSA) is 136 Å². The Kier molecular flexibility index (Phi) is 5.79. The molecule has 3 N–H and O–H groups in total. The van der Waals surface area contributed by atoms with Crippen LogP contribution in [0, 0.1) is 6.92 Å². The molecule has 1 aromatic carbocycles. The van der Waals surface area contributed by atoms with Crippen LogP contribution in [0.15, 0.2) is 18.2 Å². The number of benzene rings is 1. The van der Waals surface area contributed by atoms with Gasteiger partial charge in [0.2, 0.25) is 0 Å². The van der Waals surface area contributed by atoms with Crippen molar-refractivity contribution in [3.05, 3.63) is 50.9 Å². The number of fused-ring (bicyclic) bond motifs is 2. The molecular weight excluding hydrogens is 434 g/mol. The van der Waals surface area contributed by atoms with E-state index in [2.05, 4.69) is 5.32 Å². The van der Waals surface area contributed by atoms with Gasteiger partial charge < -0.3 is 15.8 Å². The van der Waals surface area contributed by atoms with Crippen molar-refractivity contribution >= 4 is 45.9 Å². The average Bonchev–Trinajstić information content (AvgIpc) is 3.38. The van der Waals surface area contributed by atoms with Gasteiger partial charge in [0.25, 0.3) is 23.6 Å². The maximum absolute atomic E-state index is 12.4. The number of nitrogens with zero attached hydrogens (tertiary/aromatic N) is 1. The van der Waals surface area contributed by atoms with E-state index in [0.717, 1.165) is 40.2 Å². The Labute approximate surface area is 187 Å². The van der Waals surface area contributed by atoms with Gasteiger partial charge in [-0.2, -0.15) is 0 Å². The number of esters is 1. The standard InChI is InChI=1S/C22H21N3O6S/c1-11-5-6-12-14(9-11)22(30)25(21(12)29)8-7-17(27)31-10-16(26)24-20-18(19(23)28)13-3-2-4-15(13)32-20/h5-6,9H,2-4,7-8,10H2,1H3,(H2,23,28)(H,24,26). The first-order valence-electron chi connectivity index (χ1n) is 10.1. The van der Waals surface area contributed by atoms with E-state index >= 15 is 0 Å². The molecule has 1 aliphatic carbocycles. The highest BCUT2D eigenvalue weighted by Crippen LogP contribution is 2.38. The van der Waals surface area contributed by atoms with Crippen LogP contribution in [-0.2, 0) is 27.2 Å². The van der Waals surface area contributed by atoms with Gasteiger partial charge in [0.05, 0.1) is 23.1 Å². The third kappa shape index (κ3) is 4.01. The molecule has 1 aromatic heterocycles. The highest BCUT2D eigenvalue weighted by Gasteiger charge is 2.35. The minimum atomic E-state index is -0.725. The quantitative estimate of drug-likeness (QED) is 0.483. The van der Waals surface area contributed by atoms with Gasteiger partial charge in [-0.3, -0.25) is 28.9 Å². The molecule has 4 amide bonds. The molecule has 1 aliphatic heterocycles. The largest absolute Gasteiger partial charge is 0.456 e. The van der Waals surface area contributed by atoms with Crippen LogP contribution in [0.3, 0.4) is 0 Å². The molecule has 0 unspecified atom stereocenters. The zero-order valence-electron chi connectivity index (χ0n) is 17.4. The van der Waals surface area contributed by atoms with Gasteiger partial charge in [-0.25, -0.2) is 0 Å². The third-order valence-electron chi connectivity index (χ3n) is 5.45. The number of primary amides is 1. The lowest BCUT2D eigenvalue weighted by molar-refractivity contribution is -0.147. The minimum Gasteiger partial charge on any atom is -0.456 e. The summed E-state index contributed by atoms with van der Waals surface area (Å²) in [5.74, 6) is -2.84. The lowest BCUT2D eigenvalue weighted by Crippen LogP contribution is -2.32. The second-order valence-corrected chi connectivity index (χ2v) is 8.80. The number of thiophene rings is 1.